The van der Waals surface area contributed by atoms with Crippen molar-refractivity contribution in [3.8, 4) is 17.5 Å². The quantitative estimate of drug-likeness (QED) is 0.699. The molecule has 0 N–H and O–H groups in total. The Labute approximate surface area is 110 Å². The van der Waals surface area contributed by atoms with Crippen LogP contribution in [0.15, 0.2) is 36.8 Å². The Morgan fingerprint density at radius 3 is 3.00 bits per heavy atom. The van der Waals surface area contributed by atoms with Crippen molar-refractivity contribution in [1.29, 1.82) is 5.26 Å². The molecule has 19 heavy (non-hydrogen) atoms. The van der Waals surface area contributed by atoms with Crippen molar-refractivity contribution < 1.29 is 0 Å². The first-order valence-corrected chi connectivity index (χ1v) is 5.90. The zero-order chi connectivity index (χ0) is 13.2. The summed E-state index contributed by atoms with van der Waals surface area (Å²) in [6.45, 7) is 2.19. The number of nitrogens with zero attached hydrogens (tertiary/aromatic N) is 5. The summed E-state index contributed by atoms with van der Waals surface area (Å²) in [7, 11) is 0. The molecule has 0 saturated heterocycles. The van der Waals surface area contributed by atoms with Crippen LogP contribution in [-0.2, 0) is 6.54 Å². The molecule has 0 bridgehead atoms. The normalized spacial score (nSPS) is 10.5. The van der Waals surface area contributed by atoms with Gasteiger partial charge in [0.2, 0.25) is 0 Å². The van der Waals surface area contributed by atoms with Crippen molar-refractivity contribution in [2.75, 3.05) is 0 Å². The second-order valence-corrected chi connectivity index (χ2v) is 4.28. The standard InChI is InChI=1S/C14H11N5/c1-10-7-12-14(17-8-10)19(6-4-15)13(18-12)11-3-2-5-16-9-11/h2-3,5,7-9H,6H2,1H3. The fourth-order valence-corrected chi connectivity index (χ4v) is 2.05. The lowest BCUT2D eigenvalue weighted by Gasteiger charge is -2.03. The van der Waals surface area contributed by atoms with Gasteiger partial charge in [-0.3, -0.25) is 9.55 Å². The van der Waals surface area contributed by atoms with Gasteiger partial charge in [0.15, 0.2) is 5.65 Å². The van der Waals surface area contributed by atoms with Crippen LogP contribution in [0.25, 0.3) is 22.6 Å². The highest BCUT2D eigenvalue weighted by molar-refractivity contribution is 5.77. The monoisotopic (exact) mass is 249 g/mol. The maximum Gasteiger partial charge on any atom is 0.161 e. The maximum absolute atomic E-state index is 8.98. The average Bonchev–Trinajstić information content (AvgIpc) is 2.78. The Morgan fingerprint density at radius 2 is 2.26 bits per heavy atom. The number of fused-ring (bicyclic) bond motifs is 1. The molecule has 0 spiro atoms. The molecule has 0 saturated carbocycles. The number of imidazole rings is 1. The van der Waals surface area contributed by atoms with Crippen LogP contribution in [0.1, 0.15) is 5.56 Å². The van der Waals surface area contributed by atoms with Crippen LogP contribution in [0, 0.1) is 18.3 Å². The minimum atomic E-state index is 0.219. The molecule has 92 valence electrons. The molecule has 0 aliphatic carbocycles. The van der Waals surface area contributed by atoms with E-state index in [1.165, 1.54) is 0 Å². The van der Waals surface area contributed by atoms with E-state index in [1.807, 2.05) is 29.7 Å². The molecule has 0 aliphatic rings. The second-order valence-electron chi connectivity index (χ2n) is 4.28. The Hall–Kier alpha value is -2.74. The molecular weight excluding hydrogens is 238 g/mol. The molecule has 3 aromatic rings. The minimum absolute atomic E-state index is 0.219. The van der Waals surface area contributed by atoms with Gasteiger partial charge in [0.25, 0.3) is 0 Å². The Morgan fingerprint density at radius 1 is 1.37 bits per heavy atom. The summed E-state index contributed by atoms with van der Waals surface area (Å²) < 4.78 is 1.81. The van der Waals surface area contributed by atoms with E-state index < -0.39 is 0 Å². The van der Waals surface area contributed by atoms with Crippen LogP contribution in [0.4, 0.5) is 0 Å². The van der Waals surface area contributed by atoms with Crippen molar-refractivity contribution in [2.24, 2.45) is 0 Å². The van der Waals surface area contributed by atoms with E-state index in [-0.39, 0.29) is 6.54 Å². The van der Waals surface area contributed by atoms with Crippen molar-refractivity contribution in [2.45, 2.75) is 13.5 Å². The zero-order valence-electron chi connectivity index (χ0n) is 10.4. The summed E-state index contributed by atoms with van der Waals surface area (Å²) >= 11 is 0. The molecule has 5 nitrogen and oxygen atoms in total. The molecule has 5 heteroatoms. The average molecular weight is 249 g/mol. The van der Waals surface area contributed by atoms with Crippen molar-refractivity contribution in [3.63, 3.8) is 0 Å². The molecule has 0 atom stereocenters. The van der Waals surface area contributed by atoms with Crippen LogP contribution in [0.5, 0.6) is 0 Å². The number of rotatable bonds is 2. The van der Waals surface area contributed by atoms with Crippen LogP contribution in [0.2, 0.25) is 0 Å². The zero-order valence-corrected chi connectivity index (χ0v) is 10.4. The summed E-state index contributed by atoms with van der Waals surface area (Å²) in [5.74, 6) is 0.725. The van der Waals surface area contributed by atoms with E-state index in [2.05, 4.69) is 21.0 Å². The molecule has 3 rings (SSSR count). The van der Waals surface area contributed by atoms with Crippen LogP contribution in [0.3, 0.4) is 0 Å². The Kier molecular flexibility index (Phi) is 2.69. The lowest BCUT2D eigenvalue weighted by atomic mass is 10.3. The number of nitriles is 1. The Balaban J connectivity index is 2.29. The van der Waals surface area contributed by atoms with Crippen LogP contribution >= 0.6 is 0 Å². The minimum Gasteiger partial charge on any atom is -0.295 e. The first kappa shape index (κ1) is 11.4. The van der Waals surface area contributed by atoms with Gasteiger partial charge in [0, 0.05) is 24.2 Å². The molecule has 3 heterocycles. The molecular formula is C14H11N5. The van der Waals surface area contributed by atoms with Gasteiger partial charge in [-0.15, -0.1) is 0 Å². The van der Waals surface area contributed by atoms with E-state index >= 15 is 0 Å². The van der Waals surface area contributed by atoms with E-state index in [9.17, 15) is 0 Å². The van der Waals surface area contributed by atoms with Gasteiger partial charge in [0.05, 0.1) is 6.07 Å². The third-order valence-electron chi connectivity index (χ3n) is 2.87. The van der Waals surface area contributed by atoms with Crippen LogP contribution < -0.4 is 0 Å². The molecule has 0 amide bonds. The molecule has 0 aliphatic heterocycles. The highest BCUT2D eigenvalue weighted by Crippen LogP contribution is 2.23. The van der Waals surface area contributed by atoms with Gasteiger partial charge in [-0.25, -0.2) is 9.97 Å². The number of aryl methyl sites for hydroxylation is 1. The highest BCUT2D eigenvalue weighted by atomic mass is 15.1. The van der Waals surface area contributed by atoms with Crippen molar-refractivity contribution in [3.05, 3.63) is 42.4 Å². The summed E-state index contributed by atoms with van der Waals surface area (Å²) in [4.78, 5) is 13.0. The lowest BCUT2D eigenvalue weighted by Crippen LogP contribution is -2.00. The summed E-state index contributed by atoms with van der Waals surface area (Å²) in [6, 6.07) is 7.89. The highest BCUT2D eigenvalue weighted by Gasteiger charge is 2.13. The topological polar surface area (TPSA) is 67.4 Å². The maximum atomic E-state index is 8.98. The van der Waals surface area contributed by atoms with Gasteiger partial charge in [-0.1, -0.05) is 0 Å². The summed E-state index contributed by atoms with van der Waals surface area (Å²) in [5.41, 5.74) is 3.46. The largest absolute Gasteiger partial charge is 0.295 e. The molecule has 0 unspecified atom stereocenters. The summed E-state index contributed by atoms with van der Waals surface area (Å²) in [6.07, 6.45) is 5.23. The third kappa shape index (κ3) is 1.93. The predicted octanol–water partition coefficient (Wildman–Crippen LogP) is 2.33. The third-order valence-corrected chi connectivity index (χ3v) is 2.87. The van der Waals surface area contributed by atoms with Gasteiger partial charge < -0.3 is 0 Å². The number of pyridine rings is 2. The fourth-order valence-electron chi connectivity index (χ4n) is 2.05. The van der Waals surface area contributed by atoms with E-state index in [4.69, 9.17) is 5.26 Å². The Bertz CT molecular complexity index is 768. The first-order valence-electron chi connectivity index (χ1n) is 5.90. The predicted molar refractivity (Wildman–Crippen MR) is 71.1 cm³/mol. The first-order chi connectivity index (χ1) is 9.29. The molecule has 0 radical (unpaired) electrons. The van der Waals surface area contributed by atoms with Crippen molar-refractivity contribution >= 4 is 11.2 Å². The summed E-state index contributed by atoms with van der Waals surface area (Å²) in [5, 5.41) is 8.98. The molecule has 0 aromatic carbocycles. The van der Waals surface area contributed by atoms with E-state index in [0.717, 1.165) is 28.1 Å². The van der Waals surface area contributed by atoms with Gasteiger partial charge in [-0.2, -0.15) is 5.26 Å². The molecule has 0 fully saturated rings. The van der Waals surface area contributed by atoms with Crippen LogP contribution in [-0.4, -0.2) is 19.5 Å². The van der Waals surface area contributed by atoms with Gasteiger partial charge >= 0.3 is 0 Å². The number of hydrogen-bond acceptors (Lipinski definition) is 4. The van der Waals surface area contributed by atoms with Gasteiger partial charge in [0.1, 0.15) is 17.9 Å². The SMILES string of the molecule is Cc1cnc2c(c1)nc(-c1cccnc1)n2CC#N. The van der Waals surface area contributed by atoms with E-state index in [1.54, 1.807) is 18.6 Å². The van der Waals surface area contributed by atoms with E-state index in [0.29, 0.717) is 0 Å². The van der Waals surface area contributed by atoms with Crippen molar-refractivity contribution in [1.82, 2.24) is 19.5 Å². The number of aromatic nitrogens is 4. The fraction of sp³-hybridized carbons (Fsp3) is 0.143. The lowest BCUT2D eigenvalue weighted by molar-refractivity contribution is 0.857. The smallest absolute Gasteiger partial charge is 0.161 e. The number of hydrogen-bond donors (Lipinski definition) is 0. The molecule has 3 aromatic heterocycles. The second kappa shape index (κ2) is 4.50. The van der Waals surface area contributed by atoms with Gasteiger partial charge in [-0.05, 0) is 30.7 Å².